The molecule has 0 saturated heterocycles. The van der Waals surface area contributed by atoms with E-state index in [1.807, 2.05) is 31.2 Å². The molecular formula is C28H38N2O6Si. The minimum Gasteiger partial charge on any atom is -0.409 e. The van der Waals surface area contributed by atoms with Gasteiger partial charge in [-0.1, -0.05) is 80.0 Å². The number of nitrogens with zero attached hydrogens (tertiary/aromatic N) is 1. The van der Waals surface area contributed by atoms with Crippen LogP contribution >= 0.6 is 0 Å². The molecule has 0 bridgehead atoms. The highest BCUT2D eigenvalue weighted by Crippen LogP contribution is 2.37. The molecule has 8 nitrogen and oxygen atoms in total. The molecule has 0 fully saturated rings. The third kappa shape index (κ3) is 6.74. The van der Waals surface area contributed by atoms with Gasteiger partial charge in [0.25, 0.3) is 5.91 Å². The van der Waals surface area contributed by atoms with E-state index in [0.717, 1.165) is 16.7 Å². The minimum atomic E-state index is -2.02. The van der Waals surface area contributed by atoms with Gasteiger partial charge in [-0.05, 0) is 48.7 Å². The van der Waals surface area contributed by atoms with Crippen LogP contribution in [0.1, 0.15) is 56.4 Å². The summed E-state index contributed by atoms with van der Waals surface area (Å²) in [5, 5.41) is 24.4. The third-order valence-corrected chi connectivity index (χ3v) is 11.7. The van der Waals surface area contributed by atoms with E-state index in [9.17, 15) is 15.1 Å². The molecular weight excluding hydrogens is 488 g/mol. The van der Waals surface area contributed by atoms with Gasteiger partial charge in [0, 0.05) is 6.07 Å². The van der Waals surface area contributed by atoms with E-state index in [2.05, 4.69) is 63.3 Å². The van der Waals surface area contributed by atoms with Crippen molar-refractivity contribution in [3.63, 3.8) is 0 Å². The van der Waals surface area contributed by atoms with Crippen molar-refractivity contribution >= 4 is 14.2 Å². The number of aryl methyl sites for hydroxylation is 1. The number of benzene rings is 2. The second-order valence-electron chi connectivity index (χ2n) is 11.1. The molecule has 1 heterocycles. The summed E-state index contributed by atoms with van der Waals surface area (Å²) in [7, 11) is -2.02. The lowest BCUT2D eigenvalue weighted by atomic mass is 9.95. The Morgan fingerprint density at radius 1 is 1.03 bits per heavy atom. The molecule has 1 aromatic heterocycles. The normalized spacial score (nSPS) is 14.7. The van der Waals surface area contributed by atoms with Crippen LogP contribution in [0.2, 0.25) is 18.1 Å². The Bertz CT molecular complexity index is 1180. The van der Waals surface area contributed by atoms with E-state index < -0.39 is 25.9 Å². The van der Waals surface area contributed by atoms with Crippen LogP contribution in [0.3, 0.4) is 0 Å². The van der Waals surface area contributed by atoms with Crippen molar-refractivity contribution < 1.29 is 28.8 Å². The van der Waals surface area contributed by atoms with Crippen molar-refractivity contribution in [2.45, 2.75) is 77.7 Å². The SMILES string of the molecule is Cc1ccc(-c2ccc(CO[C@](C)(C(=O)NO)[C@@H](O)c3cc(CO[Si](C)(C)C(C)(C)C)on3)cc2)cc1. The highest BCUT2D eigenvalue weighted by molar-refractivity contribution is 6.74. The van der Waals surface area contributed by atoms with Crippen LogP contribution in [0.25, 0.3) is 11.1 Å². The molecule has 0 radical (unpaired) electrons. The summed E-state index contributed by atoms with van der Waals surface area (Å²) in [6, 6.07) is 17.5. The van der Waals surface area contributed by atoms with E-state index in [0.29, 0.717) is 5.76 Å². The average Bonchev–Trinajstić information content (AvgIpc) is 3.34. The van der Waals surface area contributed by atoms with Gasteiger partial charge in [0.05, 0.1) is 13.2 Å². The highest BCUT2D eigenvalue weighted by Gasteiger charge is 2.45. The van der Waals surface area contributed by atoms with Gasteiger partial charge >= 0.3 is 0 Å². The number of aromatic nitrogens is 1. The molecule has 2 atom stereocenters. The predicted molar refractivity (Wildman–Crippen MR) is 143 cm³/mol. The van der Waals surface area contributed by atoms with Gasteiger partial charge < -0.3 is 18.8 Å². The highest BCUT2D eigenvalue weighted by atomic mass is 28.4. The maximum atomic E-state index is 12.6. The molecule has 200 valence electrons. The van der Waals surface area contributed by atoms with Crippen LogP contribution in [0.5, 0.6) is 0 Å². The maximum Gasteiger partial charge on any atom is 0.278 e. The van der Waals surface area contributed by atoms with E-state index in [4.69, 9.17) is 13.7 Å². The molecule has 3 N–H and O–H groups in total. The molecule has 0 spiro atoms. The average molecular weight is 527 g/mol. The second-order valence-corrected chi connectivity index (χ2v) is 15.9. The van der Waals surface area contributed by atoms with Crippen LogP contribution < -0.4 is 5.48 Å². The number of rotatable bonds is 10. The monoisotopic (exact) mass is 526 g/mol. The van der Waals surface area contributed by atoms with Crippen LogP contribution in [-0.2, 0) is 27.2 Å². The number of ether oxygens (including phenoxy) is 1. The summed E-state index contributed by atoms with van der Waals surface area (Å²) in [6.07, 6.45) is -1.50. The molecule has 2 aromatic carbocycles. The van der Waals surface area contributed by atoms with Crippen LogP contribution in [-0.4, -0.2) is 35.3 Å². The largest absolute Gasteiger partial charge is 0.409 e. The van der Waals surface area contributed by atoms with Crippen LogP contribution in [0, 0.1) is 6.92 Å². The zero-order valence-corrected chi connectivity index (χ0v) is 23.7. The topological polar surface area (TPSA) is 114 Å². The standard InChI is InChI=1S/C28H38N2O6Si/c1-19-8-12-21(13-9-19)22-14-10-20(11-15-22)17-34-28(5,26(32)29-33)25(31)24-16-23(36-30-24)18-35-37(6,7)27(2,3)4/h8-16,25,31,33H,17-18H2,1-7H3,(H,29,32)/t25-,28-/m0/s1. The summed E-state index contributed by atoms with van der Waals surface area (Å²) in [5.41, 5.74) is 4.00. The fourth-order valence-electron chi connectivity index (χ4n) is 3.43. The second kappa shape index (κ2) is 11.3. The van der Waals surface area contributed by atoms with Crippen LogP contribution in [0.15, 0.2) is 59.1 Å². The molecule has 0 unspecified atom stereocenters. The fraction of sp³-hybridized carbons (Fsp3) is 0.429. The molecule has 37 heavy (non-hydrogen) atoms. The Hall–Kier alpha value is -2.82. The Morgan fingerprint density at radius 3 is 2.14 bits per heavy atom. The Labute approximate surface area is 219 Å². The van der Waals surface area contributed by atoms with Crippen molar-refractivity contribution in [2.24, 2.45) is 0 Å². The van der Waals surface area contributed by atoms with Crippen molar-refractivity contribution in [1.29, 1.82) is 0 Å². The number of hydroxylamine groups is 1. The van der Waals surface area contributed by atoms with E-state index >= 15 is 0 Å². The van der Waals surface area contributed by atoms with Crippen molar-refractivity contribution in [3.8, 4) is 11.1 Å². The lowest BCUT2D eigenvalue weighted by molar-refractivity contribution is -0.174. The van der Waals surface area contributed by atoms with Crippen molar-refractivity contribution in [1.82, 2.24) is 10.6 Å². The fourth-order valence-corrected chi connectivity index (χ4v) is 4.36. The molecule has 0 aliphatic carbocycles. The molecule has 0 saturated carbocycles. The van der Waals surface area contributed by atoms with Gasteiger partial charge in [0.1, 0.15) is 11.8 Å². The number of carbonyl (C=O) groups is 1. The first-order valence-electron chi connectivity index (χ1n) is 12.3. The maximum absolute atomic E-state index is 12.6. The van der Waals surface area contributed by atoms with Crippen LogP contribution in [0.4, 0.5) is 0 Å². The summed E-state index contributed by atoms with van der Waals surface area (Å²) in [6.45, 7) is 14.3. The van der Waals surface area contributed by atoms with Gasteiger partial charge in [0.15, 0.2) is 19.7 Å². The number of amides is 1. The van der Waals surface area contributed by atoms with E-state index in [1.54, 1.807) is 11.5 Å². The van der Waals surface area contributed by atoms with Gasteiger partial charge in [-0.3, -0.25) is 10.0 Å². The lowest BCUT2D eigenvalue weighted by Crippen LogP contribution is -2.50. The summed E-state index contributed by atoms with van der Waals surface area (Å²) >= 11 is 0. The predicted octanol–water partition coefficient (Wildman–Crippen LogP) is 5.69. The van der Waals surface area contributed by atoms with Gasteiger partial charge in [-0.25, -0.2) is 5.48 Å². The molecule has 3 rings (SSSR count). The number of hydrogen-bond acceptors (Lipinski definition) is 7. The molecule has 1 amide bonds. The number of carbonyl (C=O) groups excluding carboxylic acids is 1. The molecule has 9 heteroatoms. The first-order valence-corrected chi connectivity index (χ1v) is 15.2. The number of aliphatic hydroxyl groups is 1. The summed E-state index contributed by atoms with van der Waals surface area (Å²) in [5.74, 6) is -0.476. The lowest BCUT2D eigenvalue weighted by Gasteiger charge is -2.35. The number of nitrogens with one attached hydrogen (secondary N) is 1. The number of hydrogen-bond donors (Lipinski definition) is 3. The van der Waals surface area contributed by atoms with Gasteiger partial charge in [-0.2, -0.15) is 0 Å². The van der Waals surface area contributed by atoms with Crippen molar-refractivity contribution in [3.05, 3.63) is 77.2 Å². The van der Waals surface area contributed by atoms with Gasteiger partial charge in [0.2, 0.25) is 0 Å². The molecule has 3 aromatic rings. The Morgan fingerprint density at radius 2 is 1.59 bits per heavy atom. The quantitative estimate of drug-likeness (QED) is 0.177. The summed E-state index contributed by atoms with van der Waals surface area (Å²) in [4.78, 5) is 12.6. The Balaban J connectivity index is 1.71. The van der Waals surface area contributed by atoms with E-state index in [-0.39, 0.29) is 23.9 Å². The minimum absolute atomic E-state index is 0.0222. The smallest absolute Gasteiger partial charge is 0.278 e. The van der Waals surface area contributed by atoms with Crippen molar-refractivity contribution in [2.75, 3.05) is 0 Å². The van der Waals surface area contributed by atoms with Gasteiger partial charge in [-0.15, -0.1) is 0 Å². The third-order valence-electron chi connectivity index (χ3n) is 7.19. The number of aliphatic hydroxyl groups excluding tert-OH is 1. The summed E-state index contributed by atoms with van der Waals surface area (Å²) < 4.78 is 17.4. The van der Waals surface area contributed by atoms with E-state index in [1.165, 1.54) is 12.5 Å². The Kier molecular flexibility index (Phi) is 8.76. The first-order chi connectivity index (χ1) is 17.3. The zero-order valence-electron chi connectivity index (χ0n) is 22.7. The molecule has 0 aliphatic heterocycles. The molecule has 0 aliphatic rings. The first kappa shape index (κ1) is 28.7. The zero-order chi connectivity index (χ0) is 27.4.